The van der Waals surface area contributed by atoms with Gasteiger partial charge in [0.2, 0.25) is 0 Å². The summed E-state index contributed by atoms with van der Waals surface area (Å²) >= 11 is 0. The molecule has 0 heterocycles. The van der Waals surface area contributed by atoms with Gasteiger partial charge in [-0.3, -0.25) is 0 Å². The van der Waals surface area contributed by atoms with Crippen LogP contribution in [0.1, 0.15) is 6.92 Å². The van der Waals surface area contributed by atoms with E-state index >= 15 is 0 Å². The molecule has 0 fully saturated rings. The first-order valence-corrected chi connectivity index (χ1v) is 17.2. The lowest BCUT2D eigenvalue weighted by molar-refractivity contribution is -0.138. The van der Waals surface area contributed by atoms with Crippen LogP contribution in [0.4, 0.5) is 0 Å². The van der Waals surface area contributed by atoms with Gasteiger partial charge in [0.25, 0.3) is 0 Å². The molecular formula is C18H38O11Si4. The molecule has 0 aliphatic heterocycles. The minimum atomic E-state index is -3.93. The van der Waals surface area contributed by atoms with Gasteiger partial charge in [-0.25, -0.2) is 4.79 Å². The minimum Gasteiger partial charge on any atom is -0.458 e. The maximum Gasteiger partial charge on any atom is 0.526 e. The van der Waals surface area contributed by atoms with Gasteiger partial charge < -0.3 is 43.6 Å². The third kappa shape index (κ3) is 9.98. The summed E-state index contributed by atoms with van der Waals surface area (Å²) in [4.78, 5) is 12.0. The molecule has 0 aliphatic rings. The van der Waals surface area contributed by atoms with E-state index in [0.29, 0.717) is 0 Å². The standard InChI is InChI=1S/C16H34O11Si4.C2H4/c1-12-29(19-6,20-7)25-28(11,18-5)26-31(23-10,14-24-16(17)15(3)4)27-30(13-2,21-8)22-9;1-2/h12-13H,1-3,14H2,4-11H3;1-2H2. The van der Waals surface area contributed by atoms with Crippen molar-refractivity contribution in [3.8, 4) is 0 Å². The van der Waals surface area contributed by atoms with Crippen LogP contribution in [0.2, 0.25) is 6.55 Å². The van der Waals surface area contributed by atoms with Crippen molar-refractivity contribution in [1.82, 2.24) is 0 Å². The molecular weight excluding hydrogens is 505 g/mol. The van der Waals surface area contributed by atoms with Crippen molar-refractivity contribution in [2.24, 2.45) is 0 Å². The topological polar surface area (TPSA) is 109 Å². The van der Waals surface area contributed by atoms with Crippen molar-refractivity contribution in [2.45, 2.75) is 13.5 Å². The summed E-state index contributed by atoms with van der Waals surface area (Å²) in [5, 5.41) is 0. The van der Waals surface area contributed by atoms with Gasteiger partial charge in [0.05, 0.1) is 0 Å². The van der Waals surface area contributed by atoms with Crippen molar-refractivity contribution in [1.29, 1.82) is 0 Å². The summed E-state index contributed by atoms with van der Waals surface area (Å²) in [6.07, 6.45) is -0.400. The molecule has 2 atom stereocenters. The van der Waals surface area contributed by atoms with Gasteiger partial charge in [-0.1, -0.05) is 19.7 Å². The fourth-order valence-corrected chi connectivity index (χ4v) is 14.5. The van der Waals surface area contributed by atoms with Gasteiger partial charge in [-0.15, -0.1) is 13.2 Å². The third-order valence-corrected chi connectivity index (χ3v) is 16.9. The van der Waals surface area contributed by atoms with Gasteiger partial charge in [-0.2, -0.15) is 0 Å². The molecule has 0 radical (unpaired) electrons. The summed E-state index contributed by atoms with van der Waals surface area (Å²) in [5.41, 5.74) is 2.99. The zero-order valence-corrected chi connectivity index (χ0v) is 24.9. The van der Waals surface area contributed by atoms with Crippen LogP contribution >= 0.6 is 0 Å². The van der Waals surface area contributed by atoms with Crippen LogP contribution in [0.3, 0.4) is 0 Å². The maximum atomic E-state index is 12.0. The van der Waals surface area contributed by atoms with E-state index in [1.807, 2.05) is 0 Å². The van der Waals surface area contributed by atoms with E-state index in [1.165, 1.54) is 61.0 Å². The molecule has 0 saturated carbocycles. The van der Waals surface area contributed by atoms with Crippen molar-refractivity contribution in [3.05, 3.63) is 49.9 Å². The van der Waals surface area contributed by atoms with Crippen molar-refractivity contribution in [3.63, 3.8) is 0 Å². The first kappa shape index (κ1) is 34.1. The number of esters is 1. The number of rotatable bonds is 17. The molecule has 2 unspecified atom stereocenters. The first-order chi connectivity index (χ1) is 15.4. The molecule has 0 aromatic carbocycles. The lowest BCUT2D eigenvalue weighted by Gasteiger charge is -2.40. The molecule has 0 rings (SSSR count). The van der Waals surface area contributed by atoms with E-state index in [0.717, 1.165) is 0 Å². The summed E-state index contributed by atoms with van der Waals surface area (Å²) in [5.74, 6) is -0.660. The lowest BCUT2D eigenvalue weighted by Crippen LogP contribution is -2.67. The average molecular weight is 543 g/mol. The first-order valence-electron chi connectivity index (χ1n) is 9.45. The number of carbonyl (C=O) groups excluding carboxylic acids is 1. The Hall–Kier alpha value is -1.06. The third-order valence-electron chi connectivity index (χ3n) is 4.01. The Bertz CT molecular complexity index is 643. The molecule has 0 aromatic heterocycles. The van der Waals surface area contributed by atoms with Crippen molar-refractivity contribution < 1.29 is 48.4 Å². The maximum absolute atomic E-state index is 12.0. The Labute approximate surface area is 201 Å². The minimum absolute atomic E-state index is 0.185. The highest BCUT2D eigenvalue weighted by molar-refractivity contribution is 6.85. The average Bonchev–Trinajstić information content (AvgIpc) is 2.85. The highest BCUT2D eigenvalue weighted by Gasteiger charge is 2.60. The molecule has 0 aliphatic carbocycles. The predicted octanol–water partition coefficient (Wildman–Crippen LogP) is 2.21. The molecule has 11 nitrogen and oxygen atoms in total. The van der Waals surface area contributed by atoms with Crippen LogP contribution < -0.4 is 0 Å². The molecule has 0 bridgehead atoms. The van der Waals surface area contributed by atoms with Crippen LogP contribution in [-0.2, 0) is 48.4 Å². The smallest absolute Gasteiger partial charge is 0.458 e. The van der Waals surface area contributed by atoms with E-state index in [2.05, 4.69) is 32.9 Å². The van der Waals surface area contributed by atoms with Gasteiger partial charge in [-0.05, 0) is 18.3 Å². The van der Waals surface area contributed by atoms with Crippen LogP contribution in [0.25, 0.3) is 0 Å². The van der Waals surface area contributed by atoms with Crippen LogP contribution in [0, 0.1) is 0 Å². The Morgan fingerprint density at radius 1 is 0.758 bits per heavy atom. The number of hydrogen-bond donors (Lipinski definition) is 0. The van der Waals surface area contributed by atoms with Crippen LogP contribution in [-0.4, -0.2) is 90.1 Å². The second kappa shape index (κ2) is 15.8. The summed E-state index contributed by atoms with van der Waals surface area (Å²) in [6.45, 7) is 20.1. The summed E-state index contributed by atoms with van der Waals surface area (Å²) in [6, 6.07) is 0. The van der Waals surface area contributed by atoms with Gasteiger partial charge >= 0.3 is 41.2 Å². The van der Waals surface area contributed by atoms with Crippen LogP contribution in [0.5, 0.6) is 0 Å². The predicted molar refractivity (Wildman–Crippen MR) is 132 cm³/mol. The number of carbonyl (C=O) groups is 1. The summed E-state index contributed by atoms with van der Waals surface area (Å²) < 4.78 is 56.6. The largest absolute Gasteiger partial charge is 0.526 e. The highest BCUT2D eigenvalue weighted by atomic mass is 28.5. The summed E-state index contributed by atoms with van der Waals surface area (Å²) in [7, 11) is -5.99. The normalized spacial score (nSPS) is 15.3. The van der Waals surface area contributed by atoms with Gasteiger partial charge in [0, 0.05) is 54.8 Å². The number of hydrogen-bond acceptors (Lipinski definition) is 11. The zero-order chi connectivity index (χ0) is 26.3. The van der Waals surface area contributed by atoms with Crippen molar-refractivity contribution in [2.75, 3.05) is 48.9 Å². The van der Waals surface area contributed by atoms with Gasteiger partial charge in [0.1, 0.15) is 0 Å². The van der Waals surface area contributed by atoms with E-state index in [4.69, 9.17) is 43.6 Å². The molecule has 0 spiro atoms. The molecule has 0 aromatic rings. The molecule has 0 saturated heterocycles. The Morgan fingerprint density at radius 2 is 1.18 bits per heavy atom. The molecule has 33 heavy (non-hydrogen) atoms. The SMILES string of the molecule is C=C.C=C[Si](OC)(OC)O[Si](C)(OC)O[Si](COC(=O)C(=C)C)(OC)O[Si](C=C)(OC)OC. The molecule has 15 heteroatoms. The Kier molecular flexibility index (Phi) is 16.3. The van der Waals surface area contributed by atoms with Crippen molar-refractivity contribution >= 4 is 41.2 Å². The molecule has 0 amide bonds. The monoisotopic (exact) mass is 542 g/mol. The fourth-order valence-electron chi connectivity index (χ4n) is 2.11. The van der Waals surface area contributed by atoms with E-state index in [-0.39, 0.29) is 5.57 Å². The Morgan fingerprint density at radius 3 is 1.48 bits per heavy atom. The fraction of sp³-hybridized carbons (Fsp3) is 0.500. The quantitative estimate of drug-likeness (QED) is 0.117. The van der Waals surface area contributed by atoms with E-state index in [9.17, 15) is 4.79 Å². The van der Waals surface area contributed by atoms with E-state index in [1.54, 1.807) is 6.55 Å². The number of ether oxygens (including phenoxy) is 1. The van der Waals surface area contributed by atoms with Gasteiger partial charge in [0.15, 0.2) is 6.23 Å². The van der Waals surface area contributed by atoms with Crippen LogP contribution in [0.15, 0.2) is 49.9 Å². The lowest BCUT2D eigenvalue weighted by atomic mass is 10.4. The zero-order valence-electron chi connectivity index (χ0n) is 20.9. The highest BCUT2D eigenvalue weighted by Crippen LogP contribution is 2.27. The Balaban J connectivity index is 0. The second-order valence-electron chi connectivity index (χ2n) is 6.05. The second-order valence-corrected chi connectivity index (χ2v) is 17.6. The molecule has 192 valence electrons. The van der Waals surface area contributed by atoms with E-state index < -0.39 is 47.4 Å². The molecule has 0 N–H and O–H groups in total.